The molecule has 1 amide bonds. The van der Waals surface area contributed by atoms with Crippen LogP contribution in [0.25, 0.3) is 0 Å². The number of hydrogen-bond acceptors (Lipinski definition) is 2. The number of benzene rings is 1. The third-order valence-electron chi connectivity index (χ3n) is 2.19. The van der Waals surface area contributed by atoms with E-state index in [9.17, 15) is 4.79 Å². The smallest absolute Gasteiger partial charge is 0.260 e. The predicted molar refractivity (Wildman–Crippen MR) is 64.9 cm³/mol. The molecule has 0 unspecified atom stereocenters. The Hall–Kier alpha value is -1.22. The Labute approximate surface area is 101 Å². The van der Waals surface area contributed by atoms with E-state index in [1.807, 2.05) is 37.3 Å². The molecule has 88 valence electrons. The van der Waals surface area contributed by atoms with Crippen LogP contribution in [0, 0.1) is 0 Å². The minimum absolute atomic E-state index is 0.0352. The van der Waals surface area contributed by atoms with E-state index in [-0.39, 0.29) is 12.5 Å². The molecule has 0 radical (unpaired) electrons. The van der Waals surface area contributed by atoms with E-state index in [1.54, 1.807) is 4.90 Å². The number of para-hydroxylation sites is 1. The van der Waals surface area contributed by atoms with Crippen LogP contribution >= 0.6 is 11.6 Å². The van der Waals surface area contributed by atoms with Crippen LogP contribution in [-0.2, 0) is 4.79 Å². The van der Waals surface area contributed by atoms with Gasteiger partial charge < -0.3 is 9.64 Å². The molecule has 0 saturated carbocycles. The highest BCUT2D eigenvalue weighted by molar-refractivity contribution is 6.18. The topological polar surface area (TPSA) is 29.5 Å². The van der Waals surface area contributed by atoms with Gasteiger partial charge in [-0.3, -0.25) is 4.79 Å². The monoisotopic (exact) mass is 241 g/mol. The molecule has 0 saturated heterocycles. The second-order valence-electron chi connectivity index (χ2n) is 3.26. The van der Waals surface area contributed by atoms with Crippen molar-refractivity contribution in [2.24, 2.45) is 0 Å². The summed E-state index contributed by atoms with van der Waals surface area (Å²) in [6.07, 6.45) is 0. The maximum Gasteiger partial charge on any atom is 0.260 e. The van der Waals surface area contributed by atoms with Crippen molar-refractivity contribution in [3.63, 3.8) is 0 Å². The van der Waals surface area contributed by atoms with E-state index in [0.29, 0.717) is 24.7 Å². The van der Waals surface area contributed by atoms with Gasteiger partial charge in [-0.25, -0.2) is 0 Å². The van der Waals surface area contributed by atoms with Crippen LogP contribution in [0.2, 0.25) is 0 Å². The summed E-state index contributed by atoms with van der Waals surface area (Å²) in [5.74, 6) is 1.12. The van der Waals surface area contributed by atoms with Crippen LogP contribution in [0.1, 0.15) is 6.92 Å². The predicted octanol–water partition coefficient (Wildman–Crippen LogP) is 2.15. The van der Waals surface area contributed by atoms with Gasteiger partial charge in [-0.1, -0.05) is 18.2 Å². The van der Waals surface area contributed by atoms with Crippen molar-refractivity contribution in [3.8, 4) is 5.75 Å². The van der Waals surface area contributed by atoms with Crippen LogP contribution in [-0.4, -0.2) is 36.4 Å². The van der Waals surface area contributed by atoms with E-state index in [2.05, 4.69) is 0 Å². The summed E-state index contributed by atoms with van der Waals surface area (Å²) in [6, 6.07) is 9.29. The maximum atomic E-state index is 11.7. The summed E-state index contributed by atoms with van der Waals surface area (Å²) in [5, 5.41) is 0. The molecular formula is C12H16ClNO2. The standard InChI is InChI=1S/C12H16ClNO2/c1-2-14(9-8-13)12(15)10-16-11-6-4-3-5-7-11/h3-7H,2,8-10H2,1H3. The summed E-state index contributed by atoms with van der Waals surface area (Å²) in [7, 11) is 0. The highest BCUT2D eigenvalue weighted by Gasteiger charge is 2.11. The lowest BCUT2D eigenvalue weighted by Gasteiger charge is -2.19. The first kappa shape index (κ1) is 12.8. The summed E-state index contributed by atoms with van der Waals surface area (Å²) in [6.45, 7) is 3.21. The van der Waals surface area contributed by atoms with Gasteiger partial charge in [-0.15, -0.1) is 11.6 Å². The number of rotatable bonds is 6. The number of carbonyl (C=O) groups excluding carboxylic acids is 1. The molecule has 0 heterocycles. The molecule has 0 aliphatic carbocycles. The van der Waals surface area contributed by atoms with E-state index < -0.39 is 0 Å². The van der Waals surface area contributed by atoms with Gasteiger partial charge in [0.2, 0.25) is 0 Å². The molecule has 0 aromatic heterocycles. The van der Waals surface area contributed by atoms with Crippen molar-refractivity contribution in [1.29, 1.82) is 0 Å². The number of nitrogens with zero attached hydrogens (tertiary/aromatic N) is 1. The fraction of sp³-hybridized carbons (Fsp3) is 0.417. The van der Waals surface area contributed by atoms with Gasteiger partial charge in [0.05, 0.1) is 0 Å². The maximum absolute atomic E-state index is 11.7. The fourth-order valence-corrected chi connectivity index (χ4v) is 1.52. The minimum Gasteiger partial charge on any atom is -0.484 e. The van der Waals surface area contributed by atoms with E-state index in [4.69, 9.17) is 16.3 Å². The van der Waals surface area contributed by atoms with Gasteiger partial charge in [0, 0.05) is 19.0 Å². The van der Waals surface area contributed by atoms with Gasteiger partial charge in [-0.05, 0) is 19.1 Å². The number of alkyl halides is 1. The van der Waals surface area contributed by atoms with Crippen LogP contribution in [0.5, 0.6) is 5.75 Å². The largest absolute Gasteiger partial charge is 0.484 e. The lowest BCUT2D eigenvalue weighted by molar-refractivity contribution is -0.132. The molecule has 16 heavy (non-hydrogen) atoms. The third kappa shape index (κ3) is 4.11. The number of ether oxygens (including phenoxy) is 1. The highest BCUT2D eigenvalue weighted by atomic mass is 35.5. The number of halogens is 1. The van der Waals surface area contributed by atoms with Gasteiger partial charge in [-0.2, -0.15) is 0 Å². The first-order valence-corrected chi connectivity index (χ1v) is 5.83. The number of hydrogen-bond donors (Lipinski definition) is 0. The van der Waals surface area contributed by atoms with Crippen molar-refractivity contribution in [2.45, 2.75) is 6.92 Å². The summed E-state index contributed by atoms with van der Waals surface area (Å²) in [4.78, 5) is 13.4. The van der Waals surface area contributed by atoms with Crippen molar-refractivity contribution in [1.82, 2.24) is 4.90 Å². The number of likely N-dealkylation sites (N-methyl/N-ethyl adjacent to an activating group) is 1. The second kappa shape index (κ2) is 7.12. The van der Waals surface area contributed by atoms with Crippen molar-refractivity contribution >= 4 is 17.5 Å². The Morgan fingerprint density at radius 3 is 2.62 bits per heavy atom. The quantitative estimate of drug-likeness (QED) is 0.715. The number of carbonyl (C=O) groups is 1. The Balaban J connectivity index is 2.40. The molecule has 0 fully saturated rings. The van der Waals surface area contributed by atoms with E-state index >= 15 is 0 Å². The molecule has 1 aromatic rings. The number of amides is 1. The minimum atomic E-state index is -0.0352. The highest BCUT2D eigenvalue weighted by Crippen LogP contribution is 2.08. The zero-order valence-electron chi connectivity index (χ0n) is 9.36. The van der Waals surface area contributed by atoms with Crippen LogP contribution in [0.4, 0.5) is 0 Å². The summed E-state index contributed by atoms with van der Waals surface area (Å²) >= 11 is 5.60. The average molecular weight is 242 g/mol. The molecule has 0 bridgehead atoms. The molecule has 1 rings (SSSR count). The zero-order valence-corrected chi connectivity index (χ0v) is 10.1. The van der Waals surface area contributed by atoms with Crippen LogP contribution in [0.3, 0.4) is 0 Å². The Bertz CT molecular complexity index is 316. The van der Waals surface area contributed by atoms with E-state index in [1.165, 1.54) is 0 Å². The van der Waals surface area contributed by atoms with Crippen LogP contribution in [0.15, 0.2) is 30.3 Å². The molecule has 3 nitrogen and oxygen atoms in total. The SMILES string of the molecule is CCN(CCCl)C(=O)COc1ccccc1. The van der Waals surface area contributed by atoms with Gasteiger partial charge in [0.1, 0.15) is 5.75 Å². The average Bonchev–Trinajstić information content (AvgIpc) is 2.34. The lowest BCUT2D eigenvalue weighted by Crippen LogP contribution is -2.36. The first-order chi connectivity index (χ1) is 7.77. The fourth-order valence-electron chi connectivity index (χ4n) is 1.31. The van der Waals surface area contributed by atoms with Crippen molar-refractivity contribution < 1.29 is 9.53 Å². The first-order valence-electron chi connectivity index (χ1n) is 5.29. The van der Waals surface area contributed by atoms with Crippen molar-refractivity contribution in [3.05, 3.63) is 30.3 Å². The normalized spacial score (nSPS) is 9.88. The third-order valence-corrected chi connectivity index (χ3v) is 2.36. The Kier molecular flexibility index (Phi) is 5.72. The Morgan fingerprint density at radius 2 is 2.06 bits per heavy atom. The van der Waals surface area contributed by atoms with Gasteiger partial charge >= 0.3 is 0 Å². The van der Waals surface area contributed by atoms with Crippen LogP contribution < -0.4 is 4.74 Å². The molecule has 0 aliphatic rings. The zero-order chi connectivity index (χ0) is 11.8. The molecule has 0 aliphatic heterocycles. The van der Waals surface area contributed by atoms with Gasteiger partial charge in [0.15, 0.2) is 6.61 Å². The molecule has 0 N–H and O–H groups in total. The molecule has 1 aromatic carbocycles. The molecular weight excluding hydrogens is 226 g/mol. The second-order valence-corrected chi connectivity index (χ2v) is 3.64. The summed E-state index contributed by atoms with van der Waals surface area (Å²) < 4.78 is 5.36. The van der Waals surface area contributed by atoms with Crippen molar-refractivity contribution in [2.75, 3.05) is 25.6 Å². The molecule has 0 atom stereocenters. The Morgan fingerprint density at radius 1 is 1.38 bits per heavy atom. The van der Waals surface area contributed by atoms with E-state index in [0.717, 1.165) is 0 Å². The molecule has 4 heteroatoms. The lowest BCUT2D eigenvalue weighted by atomic mass is 10.3. The van der Waals surface area contributed by atoms with Gasteiger partial charge in [0.25, 0.3) is 5.91 Å². The molecule has 0 spiro atoms. The summed E-state index contributed by atoms with van der Waals surface area (Å²) in [5.41, 5.74) is 0.